The predicted octanol–water partition coefficient (Wildman–Crippen LogP) is 2.91. The second-order valence-corrected chi connectivity index (χ2v) is 7.74. The molecule has 0 aromatic heterocycles. The molecule has 1 aliphatic carbocycles. The Balaban J connectivity index is 1.90. The number of likely N-dealkylation sites (tertiary alicyclic amines) is 1. The first-order chi connectivity index (χ1) is 7.80. The van der Waals surface area contributed by atoms with E-state index in [-0.39, 0.29) is 11.5 Å². The van der Waals surface area contributed by atoms with Crippen LogP contribution in [0.5, 0.6) is 0 Å². The van der Waals surface area contributed by atoms with Crippen molar-refractivity contribution in [3.63, 3.8) is 0 Å². The molecule has 1 N–H and O–H groups in total. The van der Waals surface area contributed by atoms with Crippen molar-refractivity contribution in [1.29, 1.82) is 0 Å². The first-order valence-electron chi connectivity index (χ1n) is 7.21. The van der Waals surface area contributed by atoms with Gasteiger partial charge in [0.15, 0.2) is 0 Å². The van der Waals surface area contributed by atoms with Crippen LogP contribution in [-0.4, -0.2) is 35.7 Å². The molecule has 1 saturated heterocycles. The van der Waals surface area contributed by atoms with Gasteiger partial charge in [0, 0.05) is 13.1 Å². The number of nitrogens with zero attached hydrogens (tertiary/aromatic N) is 1. The van der Waals surface area contributed by atoms with Gasteiger partial charge in [-0.15, -0.1) is 0 Å². The molecule has 17 heavy (non-hydrogen) atoms. The second kappa shape index (κ2) is 4.55. The molecule has 2 heteroatoms. The summed E-state index contributed by atoms with van der Waals surface area (Å²) in [6.45, 7) is 12.7. The van der Waals surface area contributed by atoms with Gasteiger partial charge in [-0.3, -0.25) is 0 Å². The molecule has 2 aliphatic rings. The van der Waals surface area contributed by atoms with Gasteiger partial charge in [-0.25, -0.2) is 0 Å². The largest absolute Gasteiger partial charge is 0.392 e. The molecule has 1 heterocycles. The normalized spacial score (nSPS) is 37.2. The van der Waals surface area contributed by atoms with Gasteiger partial charge >= 0.3 is 0 Å². The van der Waals surface area contributed by atoms with Crippen molar-refractivity contribution in [2.75, 3.05) is 19.6 Å². The lowest BCUT2D eigenvalue weighted by Crippen LogP contribution is -2.44. The quantitative estimate of drug-likeness (QED) is 0.801. The highest BCUT2D eigenvalue weighted by Gasteiger charge is 2.41. The molecule has 0 bridgehead atoms. The van der Waals surface area contributed by atoms with Crippen LogP contribution in [0.1, 0.15) is 53.4 Å². The third kappa shape index (κ3) is 3.03. The lowest BCUT2D eigenvalue weighted by atomic mass is 9.83. The van der Waals surface area contributed by atoms with Crippen molar-refractivity contribution >= 4 is 0 Å². The molecule has 2 nitrogen and oxygen atoms in total. The Bertz CT molecular complexity index is 272. The van der Waals surface area contributed by atoms with E-state index >= 15 is 0 Å². The van der Waals surface area contributed by atoms with Crippen LogP contribution in [0.4, 0.5) is 0 Å². The zero-order chi connectivity index (χ0) is 12.7. The summed E-state index contributed by atoms with van der Waals surface area (Å²) in [5, 5.41) is 10.4. The van der Waals surface area contributed by atoms with Crippen molar-refractivity contribution in [1.82, 2.24) is 4.90 Å². The van der Waals surface area contributed by atoms with Gasteiger partial charge in [0.2, 0.25) is 0 Å². The molecule has 2 atom stereocenters. The summed E-state index contributed by atoms with van der Waals surface area (Å²) in [5.41, 5.74) is 0.604. The predicted molar refractivity (Wildman–Crippen MR) is 72.0 cm³/mol. The average Bonchev–Trinajstić information content (AvgIpc) is 2.44. The smallest absolute Gasteiger partial charge is 0.0631 e. The van der Waals surface area contributed by atoms with Crippen molar-refractivity contribution in [2.24, 2.45) is 16.7 Å². The number of piperidine rings is 1. The Kier molecular flexibility index (Phi) is 3.57. The maximum atomic E-state index is 10.4. The van der Waals surface area contributed by atoms with Gasteiger partial charge < -0.3 is 10.0 Å². The molecule has 0 radical (unpaired) electrons. The standard InChI is InChI=1S/C15H29NO/c1-14(2)7-5-9-16(11-14)10-12-6-8-15(3,4)13(12)17/h12-13,17H,5-11H2,1-4H3. The molecular formula is C15H29NO. The SMILES string of the molecule is CC1(C)CCCN(CC2CCC(C)(C)C2O)C1. The Labute approximate surface area is 106 Å². The highest BCUT2D eigenvalue weighted by atomic mass is 16.3. The highest BCUT2D eigenvalue weighted by Crippen LogP contribution is 2.42. The first kappa shape index (κ1) is 13.4. The zero-order valence-corrected chi connectivity index (χ0v) is 12.0. The van der Waals surface area contributed by atoms with Crippen LogP contribution in [-0.2, 0) is 0 Å². The molecule has 0 aromatic rings. The maximum Gasteiger partial charge on any atom is 0.0631 e. The van der Waals surface area contributed by atoms with Gasteiger partial charge in [-0.05, 0) is 49.0 Å². The minimum atomic E-state index is -0.104. The van der Waals surface area contributed by atoms with E-state index in [1.807, 2.05) is 0 Å². The van der Waals surface area contributed by atoms with Gasteiger partial charge in [0.1, 0.15) is 0 Å². The topological polar surface area (TPSA) is 23.5 Å². The van der Waals surface area contributed by atoms with Gasteiger partial charge in [0.25, 0.3) is 0 Å². The summed E-state index contributed by atoms with van der Waals surface area (Å²) < 4.78 is 0. The van der Waals surface area contributed by atoms with Crippen LogP contribution < -0.4 is 0 Å². The Morgan fingerprint density at radius 2 is 1.88 bits per heavy atom. The maximum absolute atomic E-state index is 10.4. The molecule has 0 spiro atoms. The first-order valence-corrected chi connectivity index (χ1v) is 7.21. The van der Waals surface area contributed by atoms with Crippen molar-refractivity contribution < 1.29 is 5.11 Å². The third-order valence-corrected chi connectivity index (χ3v) is 4.88. The fourth-order valence-electron chi connectivity index (χ4n) is 3.72. The summed E-state index contributed by atoms with van der Waals surface area (Å²) >= 11 is 0. The average molecular weight is 239 g/mol. The van der Waals surface area contributed by atoms with E-state index in [1.54, 1.807) is 0 Å². The van der Waals surface area contributed by atoms with E-state index < -0.39 is 0 Å². The Hall–Kier alpha value is -0.0800. The van der Waals surface area contributed by atoms with Crippen LogP contribution >= 0.6 is 0 Å². The lowest BCUT2D eigenvalue weighted by molar-refractivity contribution is 0.0197. The zero-order valence-electron chi connectivity index (χ0n) is 12.0. The van der Waals surface area contributed by atoms with E-state index in [1.165, 1.54) is 38.8 Å². The van der Waals surface area contributed by atoms with Crippen LogP contribution in [0.3, 0.4) is 0 Å². The van der Waals surface area contributed by atoms with Gasteiger partial charge in [-0.1, -0.05) is 27.7 Å². The molecular weight excluding hydrogens is 210 g/mol. The molecule has 0 aromatic carbocycles. The van der Waals surface area contributed by atoms with Crippen molar-refractivity contribution in [3.05, 3.63) is 0 Å². The molecule has 0 amide bonds. The monoisotopic (exact) mass is 239 g/mol. The van der Waals surface area contributed by atoms with Crippen molar-refractivity contribution in [3.8, 4) is 0 Å². The molecule has 1 saturated carbocycles. The molecule has 100 valence electrons. The molecule has 1 aliphatic heterocycles. The van der Waals surface area contributed by atoms with E-state index in [4.69, 9.17) is 0 Å². The molecule has 2 rings (SSSR count). The van der Waals surface area contributed by atoms with E-state index in [9.17, 15) is 5.11 Å². The number of hydrogen-bond donors (Lipinski definition) is 1. The van der Waals surface area contributed by atoms with Crippen LogP contribution in [0.2, 0.25) is 0 Å². The van der Waals surface area contributed by atoms with Crippen LogP contribution in [0.15, 0.2) is 0 Å². The number of rotatable bonds is 2. The summed E-state index contributed by atoms with van der Waals surface area (Å²) in [7, 11) is 0. The minimum Gasteiger partial charge on any atom is -0.392 e. The van der Waals surface area contributed by atoms with Gasteiger partial charge in [-0.2, -0.15) is 0 Å². The minimum absolute atomic E-state index is 0.104. The number of aliphatic hydroxyl groups is 1. The molecule has 2 fully saturated rings. The summed E-state index contributed by atoms with van der Waals surface area (Å²) in [4.78, 5) is 2.58. The number of aliphatic hydroxyl groups excluding tert-OH is 1. The van der Waals surface area contributed by atoms with E-state index in [0.29, 0.717) is 11.3 Å². The lowest BCUT2D eigenvalue weighted by Gasteiger charge is -2.40. The Morgan fingerprint density at radius 1 is 1.18 bits per heavy atom. The van der Waals surface area contributed by atoms with Crippen LogP contribution in [0.25, 0.3) is 0 Å². The van der Waals surface area contributed by atoms with Crippen molar-refractivity contribution in [2.45, 2.75) is 59.5 Å². The fourth-order valence-corrected chi connectivity index (χ4v) is 3.72. The Morgan fingerprint density at radius 3 is 2.41 bits per heavy atom. The summed E-state index contributed by atoms with van der Waals surface area (Å²) in [6.07, 6.45) is 4.94. The number of hydrogen-bond acceptors (Lipinski definition) is 2. The molecule has 2 unspecified atom stereocenters. The van der Waals surface area contributed by atoms with E-state index in [0.717, 1.165) is 6.54 Å². The highest BCUT2D eigenvalue weighted by molar-refractivity contribution is 4.93. The van der Waals surface area contributed by atoms with E-state index in [2.05, 4.69) is 32.6 Å². The summed E-state index contributed by atoms with van der Waals surface area (Å²) in [5.74, 6) is 0.499. The third-order valence-electron chi connectivity index (χ3n) is 4.88. The fraction of sp³-hybridized carbons (Fsp3) is 1.00. The van der Waals surface area contributed by atoms with Crippen LogP contribution in [0, 0.1) is 16.7 Å². The second-order valence-electron chi connectivity index (χ2n) is 7.74. The van der Waals surface area contributed by atoms with Gasteiger partial charge in [0.05, 0.1) is 6.10 Å². The summed E-state index contributed by atoms with van der Waals surface area (Å²) in [6, 6.07) is 0.